The predicted octanol–water partition coefficient (Wildman–Crippen LogP) is 2.76. The minimum atomic E-state index is -2.53. The van der Waals surface area contributed by atoms with Gasteiger partial charge >= 0.3 is 0 Å². The Morgan fingerprint density at radius 2 is 2.19 bits per heavy atom. The van der Waals surface area contributed by atoms with E-state index in [-0.39, 0.29) is 6.04 Å². The van der Waals surface area contributed by atoms with Crippen molar-refractivity contribution in [1.82, 2.24) is 19.7 Å². The van der Waals surface area contributed by atoms with Crippen molar-refractivity contribution in [3.63, 3.8) is 0 Å². The van der Waals surface area contributed by atoms with Gasteiger partial charge in [0, 0.05) is 25.4 Å². The number of halogens is 3. The first-order chi connectivity index (χ1) is 13.1. The maximum absolute atomic E-state index is 13.8. The highest BCUT2D eigenvalue weighted by molar-refractivity contribution is 5.62. The molecule has 2 atom stereocenters. The number of fused-ring (bicyclic) bond motifs is 1. The van der Waals surface area contributed by atoms with Crippen LogP contribution in [0, 0.1) is 0 Å². The molecule has 9 heteroatoms. The lowest BCUT2D eigenvalue weighted by Crippen LogP contribution is -2.29. The van der Waals surface area contributed by atoms with Gasteiger partial charge in [-0.3, -0.25) is 4.40 Å². The van der Waals surface area contributed by atoms with Crippen LogP contribution in [0.4, 0.5) is 19.0 Å². The molecule has 0 saturated carbocycles. The first-order valence-corrected chi connectivity index (χ1v) is 8.57. The minimum absolute atomic E-state index is 0.315. The Morgan fingerprint density at radius 1 is 1.30 bits per heavy atom. The summed E-state index contributed by atoms with van der Waals surface area (Å²) in [4.78, 5) is 8.84. The molecule has 3 aromatic rings. The molecule has 4 rings (SSSR count). The summed E-state index contributed by atoms with van der Waals surface area (Å²) in [5.41, 5.74) is 1.95. The molecule has 0 aromatic carbocycles. The van der Waals surface area contributed by atoms with Crippen LogP contribution >= 0.6 is 0 Å². The Bertz CT molecular complexity index is 932. The van der Waals surface area contributed by atoms with E-state index < -0.39 is 19.2 Å². The highest BCUT2D eigenvalue weighted by atomic mass is 19.3. The number of anilines is 1. The molecule has 1 aliphatic heterocycles. The Hall–Kier alpha value is -2.81. The molecule has 1 fully saturated rings. The zero-order valence-corrected chi connectivity index (χ0v) is 14.3. The molecule has 2 unspecified atom stereocenters. The molecule has 3 aromatic heterocycles. The number of alkyl halides is 3. The molecule has 0 aliphatic carbocycles. The summed E-state index contributed by atoms with van der Waals surface area (Å²) >= 11 is 0. The van der Waals surface area contributed by atoms with Gasteiger partial charge in [-0.2, -0.15) is 0 Å². The molecule has 2 N–H and O–H groups in total. The van der Waals surface area contributed by atoms with Gasteiger partial charge in [-0.15, -0.1) is 0 Å². The molecule has 1 aliphatic rings. The molecule has 1 saturated heterocycles. The van der Waals surface area contributed by atoms with Gasteiger partial charge in [-0.1, -0.05) is 6.07 Å². The topological polar surface area (TPSA) is 63.5 Å². The van der Waals surface area contributed by atoms with Gasteiger partial charge < -0.3 is 15.4 Å². The fourth-order valence-electron chi connectivity index (χ4n) is 3.04. The monoisotopic (exact) mass is 377 g/mol. The summed E-state index contributed by atoms with van der Waals surface area (Å²) in [6, 6.07) is 8.32. The minimum Gasteiger partial charge on any atom is -0.487 e. The molecule has 142 valence electrons. The second-order valence-electron chi connectivity index (χ2n) is 6.27. The van der Waals surface area contributed by atoms with E-state index in [1.165, 1.54) is 0 Å². The normalized spacial score (nSPS) is 19.7. The van der Waals surface area contributed by atoms with Crippen molar-refractivity contribution in [3.05, 3.63) is 42.7 Å². The van der Waals surface area contributed by atoms with Crippen LogP contribution in [0.5, 0.6) is 5.75 Å². The molecular formula is C18H18F3N5O. The maximum Gasteiger partial charge on any atom is 0.272 e. The molecule has 4 heterocycles. The third-order valence-electron chi connectivity index (χ3n) is 4.35. The van der Waals surface area contributed by atoms with Gasteiger partial charge in [0.05, 0.1) is 23.6 Å². The predicted molar refractivity (Wildman–Crippen MR) is 95.1 cm³/mol. The van der Waals surface area contributed by atoms with Crippen LogP contribution < -0.4 is 15.4 Å². The smallest absolute Gasteiger partial charge is 0.272 e. The van der Waals surface area contributed by atoms with Crippen LogP contribution in [0.2, 0.25) is 0 Å². The quantitative estimate of drug-likeness (QED) is 0.692. The van der Waals surface area contributed by atoms with Crippen molar-refractivity contribution in [2.24, 2.45) is 0 Å². The number of rotatable bonds is 6. The zero-order valence-electron chi connectivity index (χ0n) is 14.3. The number of aromatic nitrogens is 3. The largest absolute Gasteiger partial charge is 0.487 e. The highest BCUT2D eigenvalue weighted by Crippen LogP contribution is 2.24. The second-order valence-corrected chi connectivity index (χ2v) is 6.27. The molecule has 0 spiro atoms. The van der Waals surface area contributed by atoms with Gasteiger partial charge in [-0.25, -0.2) is 23.1 Å². The number of nitrogens with one attached hydrogen (secondary N) is 2. The number of ether oxygens (including phenoxy) is 1. The molecule has 27 heavy (non-hydrogen) atoms. The van der Waals surface area contributed by atoms with Gasteiger partial charge in [0.25, 0.3) is 6.43 Å². The van der Waals surface area contributed by atoms with E-state index in [1.807, 2.05) is 12.1 Å². The van der Waals surface area contributed by atoms with E-state index in [1.54, 1.807) is 35.0 Å². The average molecular weight is 377 g/mol. The fourth-order valence-corrected chi connectivity index (χ4v) is 3.04. The van der Waals surface area contributed by atoms with Crippen LogP contribution in [0.25, 0.3) is 17.0 Å². The van der Waals surface area contributed by atoms with Crippen molar-refractivity contribution < 1.29 is 17.9 Å². The van der Waals surface area contributed by atoms with Crippen LogP contribution in [0.1, 0.15) is 0 Å². The number of hydrogen-bond donors (Lipinski definition) is 2. The van der Waals surface area contributed by atoms with Gasteiger partial charge in [-0.05, 0) is 18.2 Å². The third-order valence-corrected chi connectivity index (χ3v) is 4.35. The summed E-state index contributed by atoms with van der Waals surface area (Å²) in [6.07, 6.45) is -0.153. The van der Waals surface area contributed by atoms with Gasteiger partial charge in [0.15, 0.2) is 0 Å². The third kappa shape index (κ3) is 3.82. The first-order valence-electron chi connectivity index (χ1n) is 8.57. The van der Waals surface area contributed by atoms with Crippen LogP contribution in [-0.2, 0) is 0 Å². The summed E-state index contributed by atoms with van der Waals surface area (Å²) in [5, 5.41) is 6.10. The average Bonchev–Trinajstić information content (AvgIpc) is 3.26. The van der Waals surface area contributed by atoms with E-state index in [2.05, 4.69) is 20.6 Å². The fraction of sp³-hybridized carbons (Fsp3) is 0.333. The summed E-state index contributed by atoms with van der Waals surface area (Å²) < 4.78 is 45.2. The summed E-state index contributed by atoms with van der Waals surface area (Å²) in [5.74, 6) is 0.904. The molecule has 0 amide bonds. The van der Waals surface area contributed by atoms with E-state index in [9.17, 15) is 13.2 Å². The summed E-state index contributed by atoms with van der Waals surface area (Å²) in [6.45, 7) is 0.218. The van der Waals surface area contributed by atoms with Crippen LogP contribution in [0.3, 0.4) is 0 Å². The molecule has 6 nitrogen and oxygen atoms in total. The lowest BCUT2D eigenvalue weighted by atomic mass is 10.2. The molecule has 0 bridgehead atoms. The number of imidazole rings is 1. The van der Waals surface area contributed by atoms with Crippen molar-refractivity contribution in [2.75, 3.05) is 25.0 Å². The number of hydrogen-bond acceptors (Lipinski definition) is 5. The van der Waals surface area contributed by atoms with E-state index in [4.69, 9.17) is 4.74 Å². The number of nitrogens with zero attached hydrogens (tertiary/aromatic N) is 3. The first kappa shape index (κ1) is 17.6. The van der Waals surface area contributed by atoms with E-state index in [0.717, 1.165) is 5.69 Å². The maximum atomic E-state index is 13.8. The van der Waals surface area contributed by atoms with Crippen LogP contribution in [0.15, 0.2) is 42.7 Å². The van der Waals surface area contributed by atoms with E-state index >= 15 is 0 Å². The Kier molecular flexibility index (Phi) is 4.85. The molecular weight excluding hydrogens is 359 g/mol. The van der Waals surface area contributed by atoms with Gasteiger partial charge in [0.1, 0.15) is 30.0 Å². The SMILES string of the molecule is FC(F)COc1ccn2c(-c3cccc(NC4CNCC4F)n3)cnc2c1. The summed E-state index contributed by atoms with van der Waals surface area (Å²) in [7, 11) is 0. The Labute approximate surface area is 153 Å². The van der Waals surface area contributed by atoms with Crippen molar-refractivity contribution >= 4 is 11.5 Å². The van der Waals surface area contributed by atoms with E-state index in [0.29, 0.717) is 36.0 Å². The lowest BCUT2D eigenvalue weighted by molar-refractivity contribution is 0.0819. The Balaban J connectivity index is 1.57. The number of pyridine rings is 2. The van der Waals surface area contributed by atoms with Crippen molar-refractivity contribution in [3.8, 4) is 17.1 Å². The van der Waals surface area contributed by atoms with Crippen molar-refractivity contribution in [2.45, 2.75) is 18.6 Å². The van der Waals surface area contributed by atoms with Crippen molar-refractivity contribution in [1.29, 1.82) is 0 Å². The van der Waals surface area contributed by atoms with Gasteiger partial charge in [0.2, 0.25) is 0 Å². The molecule has 0 radical (unpaired) electrons. The van der Waals surface area contributed by atoms with Crippen LogP contribution in [-0.4, -0.2) is 52.7 Å². The standard InChI is InChI=1S/C18H18F3N5O/c19-12-7-22-8-14(12)25-17-3-1-2-13(24-17)15-9-23-18-6-11(4-5-26(15)18)27-10-16(20)21/h1-6,9,12,14,16,22H,7-8,10H2,(H,24,25). The Morgan fingerprint density at radius 3 is 2.96 bits per heavy atom. The second kappa shape index (κ2) is 7.43. The lowest BCUT2D eigenvalue weighted by Gasteiger charge is -2.15. The zero-order chi connectivity index (χ0) is 18.8. The highest BCUT2D eigenvalue weighted by Gasteiger charge is 2.26.